The topological polar surface area (TPSA) is 69.0 Å². The van der Waals surface area contributed by atoms with Crippen LogP contribution >= 0.6 is 0 Å². The van der Waals surface area contributed by atoms with Gasteiger partial charge in [0.25, 0.3) is 0 Å². The molecule has 9 heavy (non-hydrogen) atoms. The van der Waals surface area contributed by atoms with Crippen molar-refractivity contribution in [3.8, 4) is 0 Å². The maximum absolute atomic E-state index is 8.90. The van der Waals surface area contributed by atoms with E-state index in [-0.39, 0.29) is 6.10 Å². The molecule has 52 valence electrons. The van der Waals surface area contributed by atoms with Crippen LogP contribution in [0.4, 0.5) is 0 Å². The molecule has 1 unspecified atom stereocenters. The summed E-state index contributed by atoms with van der Waals surface area (Å²) >= 11 is 0. The Morgan fingerprint density at radius 2 is 2.44 bits per heavy atom. The summed E-state index contributed by atoms with van der Waals surface area (Å²) in [6.07, 6.45) is 0.983. The first-order valence-electron chi connectivity index (χ1n) is 3.00. The zero-order chi connectivity index (χ0) is 7.11. The largest absolute Gasteiger partial charge is 0.393 e. The van der Waals surface area contributed by atoms with Crippen molar-refractivity contribution in [2.75, 3.05) is 6.54 Å². The Balaban J connectivity index is 3.16. The Labute approximate surface area is 54.1 Å². The molecule has 0 aromatic rings. The Morgan fingerprint density at radius 1 is 1.78 bits per heavy atom. The summed E-state index contributed by atoms with van der Waals surface area (Å²) in [6, 6.07) is 0. The molecule has 0 radical (unpaired) electrons. The fourth-order valence-electron chi connectivity index (χ4n) is 0.456. The van der Waals surface area contributed by atoms with E-state index in [2.05, 4.69) is 10.0 Å². The van der Waals surface area contributed by atoms with Crippen LogP contribution in [-0.4, -0.2) is 17.8 Å². The maximum atomic E-state index is 8.90. The van der Waals surface area contributed by atoms with E-state index in [1.165, 1.54) is 0 Å². The van der Waals surface area contributed by atoms with E-state index in [0.717, 1.165) is 6.42 Å². The van der Waals surface area contributed by atoms with Gasteiger partial charge in [0.1, 0.15) is 0 Å². The van der Waals surface area contributed by atoms with Gasteiger partial charge in [-0.05, 0) is 18.4 Å². The van der Waals surface area contributed by atoms with Gasteiger partial charge in [0.2, 0.25) is 0 Å². The average molecular weight is 129 g/mol. The van der Waals surface area contributed by atoms with Crippen LogP contribution in [0.25, 0.3) is 10.4 Å². The summed E-state index contributed by atoms with van der Waals surface area (Å²) in [4.78, 5) is 2.56. The maximum Gasteiger partial charge on any atom is 0.0539 e. The second-order valence-electron chi connectivity index (χ2n) is 1.81. The van der Waals surface area contributed by atoms with Crippen LogP contribution in [0.5, 0.6) is 0 Å². The molecule has 0 saturated carbocycles. The van der Waals surface area contributed by atoms with Gasteiger partial charge in [0.15, 0.2) is 0 Å². The molecule has 1 N–H and O–H groups in total. The molecule has 0 amide bonds. The van der Waals surface area contributed by atoms with Crippen LogP contribution in [0.15, 0.2) is 5.11 Å². The molecular formula is C5H11N3O. The van der Waals surface area contributed by atoms with Gasteiger partial charge >= 0.3 is 0 Å². The van der Waals surface area contributed by atoms with Crippen molar-refractivity contribution in [1.29, 1.82) is 0 Å². The van der Waals surface area contributed by atoms with E-state index in [9.17, 15) is 0 Å². The lowest BCUT2D eigenvalue weighted by atomic mass is 10.2. The first-order chi connectivity index (χ1) is 4.31. The molecule has 4 nitrogen and oxygen atoms in total. The second kappa shape index (κ2) is 5.41. The first kappa shape index (κ1) is 8.27. The molecule has 4 heteroatoms. The Kier molecular flexibility index (Phi) is 4.97. The minimum absolute atomic E-state index is 0.310. The van der Waals surface area contributed by atoms with Crippen LogP contribution in [-0.2, 0) is 0 Å². The van der Waals surface area contributed by atoms with Gasteiger partial charge < -0.3 is 5.11 Å². The van der Waals surface area contributed by atoms with Gasteiger partial charge in [-0.2, -0.15) is 0 Å². The lowest BCUT2D eigenvalue weighted by molar-refractivity contribution is 0.163. The lowest BCUT2D eigenvalue weighted by Crippen LogP contribution is -2.04. The molecule has 0 fully saturated rings. The molecule has 0 aliphatic rings. The molecule has 0 saturated heterocycles. The standard InChI is InChI=1S/C5H11N3O/c1-2-5(9)3-4-7-8-6/h5,9H,2-4H2,1H3. The number of aliphatic hydroxyl groups is 1. The van der Waals surface area contributed by atoms with Crippen molar-refractivity contribution >= 4 is 0 Å². The smallest absolute Gasteiger partial charge is 0.0539 e. The van der Waals surface area contributed by atoms with Crippen molar-refractivity contribution in [2.24, 2.45) is 5.11 Å². The van der Waals surface area contributed by atoms with Crippen molar-refractivity contribution in [2.45, 2.75) is 25.9 Å². The number of hydrogen-bond acceptors (Lipinski definition) is 2. The summed E-state index contributed by atoms with van der Waals surface area (Å²) in [6.45, 7) is 2.28. The molecule has 0 aliphatic carbocycles. The van der Waals surface area contributed by atoms with Crippen LogP contribution in [0, 0.1) is 0 Å². The Bertz CT molecular complexity index is 109. The van der Waals surface area contributed by atoms with Crippen molar-refractivity contribution in [3.63, 3.8) is 0 Å². The molecule has 0 aliphatic heterocycles. The van der Waals surface area contributed by atoms with Gasteiger partial charge in [0.05, 0.1) is 6.10 Å². The highest BCUT2D eigenvalue weighted by Gasteiger charge is 1.96. The van der Waals surface area contributed by atoms with Crippen molar-refractivity contribution < 1.29 is 5.11 Å². The molecule has 0 aromatic carbocycles. The fraction of sp³-hybridized carbons (Fsp3) is 1.00. The van der Waals surface area contributed by atoms with Crippen molar-refractivity contribution in [1.82, 2.24) is 0 Å². The average Bonchev–Trinajstić information content (AvgIpc) is 1.89. The van der Waals surface area contributed by atoms with E-state index < -0.39 is 0 Å². The Morgan fingerprint density at radius 3 is 2.89 bits per heavy atom. The molecule has 0 bridgehead atoms. The number of aliphatic hydroxyl groups excluding tert-OH is 1. The normalized spacial score (nSPS) is 12.2. The highest BCUT2D eigenvalue weighted by molar-refractivity contribution is 4.54. The molecule has 1 atom stereocenters. The van der Waals surface area contributed by atoms with Gasteiger partial charge in [-0.1, -0.05) is 12.0 Å². The minimum atomic E-state index is -0.310. The monoisotopic (exact) mass is 129 g/mol. The summed E-state index contributed by atoms with van der Waals surface area (Å²) in [5, 5.41) is 12.2. The highest BCUT2D eigenvalue weighted by atomic mass is 16.3. The van der Waals surface area contributed by atoms with Crippen LogP contribution in [0.1, 0.15) is 19.8 Å². The third kappa shape index (κ3) is 5.14. The number of nitrogens with zero attached hydrogens (tertiary/aromatic N) is 3. The quantitative estimate of drug-likeness (QED) is 0.348. The molecule has 0 aromatic heterocycles. The molecule has 0 spiro atoms. The van der Waals surface area contributed by atoms with Gasteiger partial charge in [-0.3, -0.25) is 0 Å². The number of hydrogen-bond donors (Lipinski definition) is 1. The second-order valence-corrected chi connectivity index (χ2v) is 1.81. The van der Waals surface area contributed by atoms with E-state index in [4.69, 9.17) is 10.6 Å². The predicted octanol–water partition coefficient (Wildman–Crippen LogP) is 1.46. The first-order valence-corrected chi connectivity index (χ1v) is 3.00. The predicted molar refractivity (Wildman–Crippen MR) is 34.9 cm³/mol. The van der Waals surface area contributed by atoms with Crippen LogP contribution < -0.4 is 0 Å². The summed E-state index contributed by atoms with van der Waals surface area (Å²) < 4.78 is 0. The molecule has 0 heterocycles. The number of azide groups is 1. The third-order valence-electron chi connectivity index (χ3n) is 1.10. The zero-order valence-electron chi connectivity index (χ0n) is 5.49. The van der Waals surface area contributed by atoms with Crippen molar-refractivity contribution in [3.05, 3.63) is 10.4 Å². The van der Waals surface area contributed by atoms with E-state index in [0.29, 0.717) is 13.0 Å². The molecular weight excluding hydrogens is 118 g/mol. The van der Waals surface area contributed by atoms with E-state index in [1.807, 2.05) is 6.92 Å². The van der Waals surface area contributed by atoms with E-state index >= 15 is 0 Å². The van der Waals surface area contributed by atoms with Crippen LogP contribution in [0.3, 0.4) is 0 Å². The van der Waals surface area contributed by atoms with Gasteiger partial charge in [0, 0.05) is 11.5 Å². The van der Waals surface area contributed by atoms with Gasteiger partial charge in [-0.15, -0.1) is 0 Å². The van der Waals surface area contributed by atoms with E-state index in [1.54, 1.807) is 0 Å². The number of rotatable bonds is 4. The zero-order valence-corrected chi connectivity index (χ0v) is 5.49. The fourth-order valence-corrected chi connectivity index (χ4v) is 0.456. The lowest BCUT2D eigenvalue weighted by Gasteiger charge is -2.01. The van der Waals surface area contributed by atoms with Crippen LogP contribution in [0.2, 0.25) is 0 Å². The third-order valence-corrected chi connectivity index (χ3v) is 1.10. The summed E-state index contributed by atoms with van der Waals surface area (Å²) in [5.41, 5.74) is 7.83. The SMILES string of the molecule is CCC(O)CCN=[N+]=[N-]. The van der Waals surface area contributed by atoms with Gasteiger partial charge in [-0.25, -0.2) is 0 Å². The minimum Gasteiger partial charge on any atom is -0.393 e. The highest BCUT2D eigenvalue weighted by Crippen LogP contribution is 1.95. The summed E-state index contributed by atoms with van der Waals surface area (Å²) in [5.74, 6) is 0. The summed E-state index contributed by atoms with van der Waals surface area (Å²) in [7, 11) is 0. The molecule has 0 rings (SSSR count). The Hall–Kier alpha value is -0.730.